The molecule has 7 heteroatoms. The maximum Gasteiger partial charge on any atom is 0.272 e. The van der Waals surface area contributed by atoms with Gasteiger partial charge in [-0.1, -0.05) is 29.5 Å². The van der Waals surface area contributed by atoms with Crippen LogP contribution in [-0.2, 0) is 0 Å². The van der Waals surface area contributed by atoms with Crippen LogP contribution in [0.5, 0.6) is 0 Å². The van der Waals surface area contributed by atoms with E-state index < -0.39 is 4.92 Å². The average molecular weight is 336 g/mol. The van der Waals surface area contributed by atoms with Gasteiger partial charge in [-0.05, 0) is 25.1 Å². The highest BCUT2D eigenvalue weighted by atomic mass is 32.2. The molecule has 0 bridgehead atoms. The summed E-state index contributed by atoms with van der Waals surface area (Å²) < 4.78 is 0. The van der Waals surface area contributed by atoms with Gasteiger partial charge in [0.25, 0.3) is 5.69 Å². The Hall–Kier alpha value is -3.29. The molecule has 0 radical (unpaired) electrons. The molecule has 0 spiro atoms. The van der Waals surface area contributed by atoms with Crippen LogP contribution < -0.4 is 5.32 Å². The van der Waals surface area contributed by atoms with Crippen molar-refractivity contribution in [3.05, 3.63) is 69.9 Å². The molecule has 0 aliphatic heterocycles. The lowest BCUT2D eigenvalue weighted by Crippen LogP contribution is -1.94. The zero-order valence-electron chi connectivity index (χ0n) is 12.7. The van der Waals surface area contributed by atoms with Gasteiger partial charge in [0.2, 0.25) is 0 Å². The average Bonchev–Trinajstić information content (AvgIpc) is 2.57. The van der Waals surface area contributed by atoms with Crippen molar-refractivity contribution in [2.45, 2.75) is 16.7 Å². The van der Waals surface area contributed by atoms with Crippen molar-refractivity contribution in [2.24, 2.45) is 0 Å². The van der Waals surface area contributed by atoms with Gasteiger partial charge in [0, 0.05) is 33.8 Å². The number of benzene rings is 2. The monoisotopic (exact) mass is 336 g/mol. The summed E-state index contributed by atoms with van der Waals surface area (Å²) in [5.41, 5.74) is 1.38. The molecule has 6 nitrogen and oxygen atoms in total. The maximum absolute atomic E-state index is 11.1. The van der Waals surface area contributed by atoms with E-state index >= 15 is 0 Å². The summed E-state index contributed by atoms with van der Waals surface area (Å²) in [5.74, 6) is 0. The van der Waals surface area contributed by atoms with Crippen molar-refractivity contribution >= 4 is 23.1 Å². The van der Waals surface area contributed by atoms with Crippen LogP contribution in [0.25, 0.3) is 0 Å². The first kappa shape index (κ1) is 17.1. The second kappa shape index (κ2) is 7.82. The van der Waals surface area contributed by atoms with Crippen molar-refractivity contribution in [1.29, 1.82) is 10.5 Å². The first-order chi connectivity index (χ1) is 11.5. The van der Waals surface area contributed by atoms with E-state index in [1.165, 1.54) is 30.1 Å². The molecule has 0 saturated carbocycles. The molecule has 118 valence electrons. The Kier molecular flexibility index (Phi) is 5.56. The molecule has 0 aliphatic carbocycles. The second-order valence-electron chi connectivity index (χ2n) is 4.81. The van der Waals surface area contributed by atoms with Gasteiger partial charge < -0.3 is 5.32 Å². The van der Waals surface area contributed by atoms with Crippen LogP contribution in [0.1, 0.15) is 5.56 Å². The number of rotatable bonds is 5. The second-order valence-corrected chi connectivity index (χ2v) is 5.96. The molecular weight excluding hydrogens is 324 g/mol. The van der Waals surface area contributed by atoms with Gasteiger partial charge in [0.1, 0.15) is 17.7 Å². The fourth-order valence-corrected chi connectivity index (χ4v) is 2.73. The summed E-state index contributed by atoms with van der Waals surface area (Å²) in [4.78, 5) is 12.3. The predicted octanol–water partition coefficient (Wildman–Crippen LogP) is 4.40. The standard InChI is InChI=1S/C17H12N4O2S/c1-12-2-4-16(5-3-12)24-17-7-14(6-15(8-17)21(22)23)20-11-13(9-18)10-19/h2-8,11,20H,1H3. The molecule has 0 amide bonds. The van der Waals surface area contributed by atoms with Crippen LogP contribution >= 0.6 is 11.8 Å². The molecular formula is C17H12N4O2S. The maximum atomic E-state index is 11.1. The number of anilines is 1. The molecule has 2 aromatic carbocycles. The zero-order valence-corrected chi connectivity index (χ0v) is 13.5. The van der Waals surface area contributed by atoms with Crippen molar-refractivity contribution in [1.82, 2.24) is 0 Å². The predicted molar refractivity (Wildman–Crippen MR) is 91.3 cm³/mol. The Balaban J connectivity index is 2.32. The number of hydrogen-bond acceptors (Lipinski definition) is 6. The first-order valence-corrected chi connectivity index (χ1v) is 7.64. The van der Waals surface area contributed by atoms with Crippen LogP contribution in [0, 0.1) is 39.7 Å². The van der Waals surface area contributed by atoms with Gasteiger partial charge in [0.05, 0.1) is 4.92 Å². The number of aryl methyl sites for hydroxylation is 1. The van der Waals surface area contributed by atoms with Crippen molar-refractivity contribution in [3.63, 3.8) is 0 Å². The Morgan fingerprint density at radius 2 is 1.83 bits per heavy atom. The number of nitrogens with zero attached hydrogens (tertiary/aromatic N) is 3. The summed E-state index contributed by atoms with van der Waals surface area (Å²) >= 11 is 1.39. The molecule has 24 heavy (non-hydrogen) atoms. The molecule has 2 rings (SSSR count). The third kappa shape index (κ3) is 4.60. The number of nitro groups is 1. The van der Waals surface area contributed by atoms with Crippen LogP contribution in [0.15, 0.2) is 64.0 Å². The van der Waals surface area contributed by atoms with Crippen LogP contribution in [0.4, 0.5) is 11.4 Å². The molecule has 0 unspecified atom stereocenters. The minimum atomic E-state index is -0.483. The largest absolute Gasteiger partial charge is 0.360 e. The van der Waals surface area contributed by atoms with Crippen molar-refractivity contribution in [2.75, 3.05) is 5.32 Å². The quantitative estimate of drug-likeness (QED) is 0.493. The van der Waals surface area contributed by atoms with Crippen LogP contribution in [0.2, 0.25) is 0 Å². The highest BCUT2D eigenvalue weighted by molar-refractivity contribution is 7.99. The van der Waals surface area contributed by atoms with Gasteiger partial charge in [-0.3, -0.25) is 10.1 Å². The topological polar surface area (TPSA) is 103 Å². The minimum Gasteiger partial charge on any atom is -0.360 e. The Labute approximate surface area is 143 Å². The molecule has 0 fully saturated rings. The number of allylic oxidation sites excluding steroid dienone is 1. The molecule has 0 saturated heterocycles. The SMILES string of the molecule is Cc1ccc(Sc2cc(NC=C(C#N)C#N)cc([N+](=O)[O-])c2)cc1. The number of nitro benzene ring substituents is 1. The lowest BCUT2D eigenvalue weighted by atomic mass is 10.2. The van der Waals surface area contributed by atoms with E-state index in [-0.39, 0.29) is 11.3 Å². The number of hydrogen-bond donors (Lipinski definition) is 1. The molecule has 1 N–H and O–H groups in total. The summed E-state index contributed by atoms with van der Waals surface area (Å²) in [7, 11) is 0. The molecule has 0 aromatic heterocycles. The fraction of sp³-hybridized carbons (Fsp3) is 0.0588. The van der Waals surface area contributed by atoms with E-state index in [0.29, 0.717) is 10.6 Å². The Bertz CT molecular complexity index is 861. The summed E-state index contributed by atoms with van der Waals surface area (Å²) in [5, 5.41) is 31.3. The highest BCUT2D eigenvalue weighted by Crippen LogP contribution is 2.33. The van der Waals surface area contributed by atoms with E-state index in [1.807, 2.05) is 31.2 Å². The third-order valence-corrected chi connectivity index (χ3v) is 3.96. The number of nitrogens with one attached hydrogen (secondary N) is 1. The first-order valence-electron chi connectivity index (χ1n) is 6.82. The molecule has 0 atom stereocenters. The van der Waals surface area contributed by atoms with Crippen molar-refractivity contribution in [3.8, 4) is 12.1 Å². The summed E-state index contributed by atoms with van der Waals surface area (Å²) in [6, 6.07) is 15.8. The van der Waals surface area contributed by atoms with Gasteiger partial charge in [-0.2, -0.15) is 10.5 Å². The normalized spacial score (nSPS) is 9.46. The van der Waals surface area contributed by atoms with Gasteiger partial charge in [-0.25, -0.2) is 0 Å². The van der Waals surface area contributed by atoms with E-state index in [0.717, 1.165) is 10.5 Å². The zero-order chi connectivity index (χ0) is 17.5. The lowest BCUT2D eigenvalue weighted by Gasteiger charge is -2.06. The molecule has 2 aromatic rings. The minimum absolute atomic E-state index is 0.0709. The molecule has 0 aliphatic rings. The fourth-order valence-electron chi connectivity index (χ4n) is 1.82. The van der Waals surface area contributed by atoms with E-state index in [4.69, 9.17) is 10.5 Å². The summed E-state index contributed by atoms with van der Waals surface area (Å²) in [6.07, 6.45) is 1.22. The van der Waals surface area contributed by atoms with E-state index in [2.05, 4.69) is 5.32 Å². The highest BCUT2D eigenvalue weighted by Gasteiger charge is 2.10. The van der Waals surface area contributed by atoms with Crippen LogP contribution in [0.3, 0.4) is 0 Å². The molecule has 0 heterocycles. The smallest absolute Gasteiger partial charge is 0.272 e. The number of nitriles is 2. The van der Waals surface area contributed by atoms with Crippen LogP contribution in [-0.4, -0.2) is 4.92 Å². The van der Waals surface area contributed by atoms with Gasteiger partial charge in [-0.15, -0.1) is 0 Å². The van der Waals surface area contributed by atoms with E-state index in [1.54, 1.807) is 18.2 Å². The Morgan fingerprint density at radius 3 is 2.42 bits per heavy atom. The number of non-ortho nitro benzene ring substituents is 1. The van der Waals surface area contributed by atoms with Crippen molar-refractivity contribution < 1.29 is 4.92 Å². The van der Waals surface area contributed by atoms with E-state index in [9.17, 15) is 10.1 Å². The lowest BCUT2D eigenvalue weighted by molar-refractivity contribution is -0.385. The van der Waals surface area contributed by atoms with Gasteiger partial charge in [0.15, 0.2) is 0 Å². The third-order valence-electron chi connectivity index (χ3n) is 2.98. The Morgan fingerprint density at radius 1 is 1.17 bits per heavy atom. The van der Waals surface area contributed by atoms with Gasteiger partial charge >= 0.3 is 0 Å². The summed E-state index contributed by atoms with van der Waals surface area (Å²) in [6.45, 7) is 1.98.